The van der Waals surface area contributed by atoms with Crippen LogP contribution in [-0.2, 0) is 4.74 Å². The molecule has 10 heteroatoms. The Kier molecular flexibility index (Phi) is 9.33. The summed E-state index contributed by atoms with van der Waals surface area (Å²) >= 11 is 0. The van der Waals surface area contributed by atoms with Gasteiger partial charge in [0.05, 0.1) is 6.04 Å². The SMILES string of the molecule is FC(F)[C@H]1CN(C[B-](F)(F)F)CCN1CC1CCOCC1.[K+]. The molecule has 124 valence electrons. The van der Waals surface area contributed by atoms with Crippen LogP contribution in [0.5, 0.6) is 0 Å². The molecule has 0 radical (unpaired) electrons. The fourth-order valence-electron chi connectivity index (χ4n) is 3.09. The maximum atomic E-state index is 13.2. The van der Waals surface area contributed by atoms with Gasteiger partial charge in [0.25, 0.3) is 6.43 Å². The zero-order valence-electron chi connectivity index (χ0n) is 12.9. The van der Waals surface area contributed by atoms with Crippen molar-refractivity contribution in [3.63, 3.8) is 0 Å². The van der Waals surface area contributed by atoms with Gasteiger partial charge in [0, 0.05) is 39.4 Å². The standard InChI is InChI=1S/C12H21BF5N2O.K/c14-12(15)11-8-19(9-13(16,17)18)3-4-20(11)7-10-1-5-21-6-2-10;/h10-12H,1-9H2;/q-1;+1/t11-;/m1./s1. The minimum Gasteiger partial charge on any atom is -0.448 e. The molecule has 0 unspecified atom stereocenters. The van der Waals surface area contributed by atoms with E-state index in [1.165, 1.54) is 0 Å². The first kappa shape index (κ1) is 21.3. The van der Waals surface area contributed by atoms with E-state index >= 15 is 0 Å². The van der Waals surface area contributed by atoms with Gasteiger partial charge in [-0.05, 0) is 25.2 Å². The number of hydrogen-bond donors (Lipinski definition) is 0. The minimum atomic E-state index is -4.96. The molecule has 2 heterocycles. The molecule has 0 saturated carbocycles. The normalized spacial score (nSPS) is 26.2. The van der Waals surface area contributed by atoms with Gasteiger partial charge in [0.1, 0.15) is 0 Å². The molecule has 0 aromatic carbocycles. The average Bonchev–Trinajstić information content (AvgIpc) is 2.40. The van der Waals surface area contributed by atoms with Crippen molar-refractivity contribution in [1.82, 2.24) is 9.80 Å². The Labute approximate surface area is 170 Å². The molecule has 22 heavy (non-hydrogen) atoms. The van der Waals surface area contributed by atoms with Gasteiger partial charge in [-0.25, -0.2) is 8.78 Å². The molecule has 0 N–H and O–H groups in total. The summed E-state index contributed by atoms with van der Waals surface area (Å²) in [5.74, 6) is 0.304. The van der Waals surface area contributed by atoms with Crippen LogP contribution in [0.2, 0.25) is 0 Å². The van der Waals surface area contributed by atoms with Crippen molar-refractivity contribution in [1.29, 1.82) is 0 Å². The van der Waals surface area contributed by atoms with Gasteiger partial charge >= 0.3 is 58.4 Å². The molecule has 0 aliphatic carbocycles. The van der Waals surface area contributed by atoms with Crippen LogP contribution in [0, 0.1) is 5.92 Å². The minimum absolute atomic E-state index is 0. The topological polar surface area (TPSA) is 15.7 Å². The third-order valence-electron chi connectivity index (χ3n) is 4.21. The number of halogens is 5. The van der Waals surface area contributed by atoms with Crippen molar-refractivity contribution in [3.8, 4) is 0 Å². The van der Waals surface area contributed by atoms with Gasteiger partial charge in [-0.2, -0.15) is 0 Å². The van der Waals surface area contributed by atoms with E-state index in [1.807, 2.05) is 0 Å². The molecular weight excluding hydrogens is 333 g/mol. The molecule has 0 aromatic heterocycles. The van der Waals surface area contributed by atoms with Crippen LogP contribution in [0.3, 0.4) is 0 Å². The molecular formula is C12H21BF5KN2O. The summed E-state index contributed by atoms with van der Waals surface area (Å²) in [4.78, 5) is 2.78. The van der Waals surface area contributed by atoms with Gasteiger partial charge in [-0.3, -0.25) is 4.90 Å². The number of rotatable bonds is 5. The fraction of sp³-hybridized carbons (Fsp3) is 1.00. The summed E-state index contributed by atoms with van der Waals surface area (Å²) in [5, 5.41) is 0. The van der Waals surface area contributed by atoms with Crippen LogP contribution >= 0.6 is 0 Å². The largest absolute Gasteiger partial charge is 1.00 e. The summed E-state index contributed by atoms with van der Waals surface area (Å²) in [5.41, 5.74) is 0. The van der Waals surface area contributed by atoms with Crippen LogP contribution in [0.15, 0.2) is 0 Å². The maximum absolute atomic E-state index is 13.2. The second kappa shape index (κ2) is 9.65. The summed E-state index contributed by atoms with van der Waals surface area (Å²) in [6, 6.07) is -1.10. The summed E-state index contributed by atoms with van der Waals surface area (Å²) in [6.07, 6.45) is -1.99. The van der Waals surface area contributed by atoms with Gasteiger partial charge in [-0.15, -0.1) is 0 Å². The predicted octanol–water partition coefficient (Wildman–Crippen LogP) is -0.945. The van der Waals surface area contributed by atoms with Crippen LogP contribution in [-0.4, -0.2) is 75.1 Å². The number of ether oxygens (including phenoxy) is 1. The van der Waals surface area contributed by atoms with E-state index in [0.29, 0.717) is 25.7 Å². The first-order valence-corrected chi connectivity index (χ1v) is 7.38. The zero-order valence-corrected chi connectivity index (χ0v) is 16.0. The Bertz CT molecular complexity index is 331. The van der Waals surface area contributed by atoms with Gasteiger partial charge < -0.3 is 22.6 Å². The monoisotopic (exact) mass is 354 g/mol. The van der Waals surface area contributed by atoms with Crippen molar-refractivity contribution in [3.05, 3.63) is 0 Å². The first-order valence-electron chi connectivity index (χ1n) is 7.38. The van der Waals surface area contributed by atoms with Crippen LogP contribution in [0.25, 0.3) is 0 Å². The van der Waals surface area contributed by atoms with Gasteiger partial charge in [0.15, 0.2) is 0 Å². The second-order valence-corrected chi connectivity index (χ2v) is 5.92. The Balaban J connectivity index is 0.00000242. The molecule has 0 bridgehead atoms. The molecule has 0 spiro atoms. The van der Waals surface area contributed by atoms with Crippen molar-refractivity contribution >= 4 is 6.98 Å². The third-order valence-corrected chi connectivity index (χ3v) is 4.21. The summed E-state index contributed by atoms with van der Waals surface area (Å²) in [6.45, 7) is -2.88. The van der Waals surface area contributed by atoms with Crippen molar-refractivity contribution in [2.45, 2.75) is 25.3 Å². The molecule has 2 rings (SSSR count). The first-order chi connectivity index (χ1) is 9.85. The van der Waals surface area contributed by atoms with E-state index in [-0.39, 0.29) is 71.0 Å². The van der Waals surface area contributed by atoms with E-state index in [9.17, 15) is 21.7 Å². The third kappa shape index (κ3) is 7.00. The van der Waals surface area contributed by atoms with Crippen LogP contribution in [0.4, 0.5) is 21.7 Å². The van der Waals surface area contributed by atoms with Crippen LogP contribution < -0.4 is 51.4 Å². The number of nitrogens with zero attached hydrogens (tertiary/aromatic N) is 2. The Morgan fingerprint density at radius 2 is 1.73 bits per heavy atom. The molecule has 3 nitrogen and oxygen atoms in total. The molecule has 2 aliphatic heterocycles. The van der Waals surface area contributed by atoms with E-state index in [0.717, 1.165) is 17.7 Å². The number of alkyl halides is 2. The fourth-order valence-corrected chi connectivity index (χ4v) is 3.09. The van der Waals surface area contributed by atoms with Crippen molar-refractivity contribution in [2.75, 3.05) is 45.8 Å². The predicted molar refractivity (Wildman–Crippen MR) is 70.4 cm³/mol. The quantitative estimate of drug-likeness (QED) is 0.468. The Morgan fingerprint density at radius 3 is 2.27 bits per heavy atom. The Morgan fingerprint density at radius 1 is 1.09 bits per heavy atom. The number of hydrogen-bond acceptors (Lipinski definition) is 3. The summed E-state index contributed by atoms with van der Waals surface area (Å²) in [7, 11) is 0. The average molecular weight is 354 g/mol. The summed E-state index contributed by atoms with van der Waals surface area (Å²) < 4.78 is 68.9. The molecule has 0 aromatic rings. The Hall–Kier alpha value is 1.23. The number of piperazine rings is 1. The van der Waals surface area contributed by atoms with Crippen LogP contribution in [0.1, 0.15) is 12.8 Å². The van der Waals surface area contributed by atoms with Crippen molar-refractivity contribution in [2.24, 2.45) is 5.92 Å². The van der Waals surface area contributed by atoms with Gasteiger partial charge in [0.2, 0.25) is 0 Å². The molecule has 1 atom stereocenters. The van der Waals surface area contributed by atoms with E-state index in [1.54, 1.807) is 4.90 Å². The van der Waals surface area contributed by atoms with E-state index in [4.69, 9.17) is 4.74 Å². The molecule has 2 fully saturated rings. The van der Waals surface area contributed by atoms with E-state index in [2.05, 4.69) is 0 Å². The van der Waals surface area contributed by atoms with Gasteiger partial charge in [-0.1, -0.05) is 0 Å². The van der Waals surface area contributed by atoms with E-state index < -0.39 is 25.9 Å². The van der Waals surface area contributed by atoms with Crippen molar-refractivity contribution < 1.29 is 77.8 Å². The molecule has 2 saturated heterocycles. The zero-order chi connectivity index (χ0) is 15.5. The maximum Gasteiger partial charge on any atom is 1.00 e. The second-order valence-electron chi connectivity index (χ2n) is 5.92. The smallest absolute Gasteiger partial charge is 0.448 e. The molecule has 0 amide bonds. The molecule has 2 aliphatic rings.